The SMILES string of the molecule is N#Cc1ccc(NC(=O)[C@@]2(O)Cc3nc4cc(F)c(F)cc4n32)cc1C(F)(F)F. The van der Waals surface area contributed by atoms with Crippen LogP contribution in [0.15, 0.2) is 30.3 Å². The van der Waals surface area contributed by atoms with Gasteiger partial charge in [0.15, 0.2) is 11.6 Å². The Morgan fingerprint density at radius 2 is 1.93 bits per heavy atom. The van der Waals surface area contributed by atoms with Gasteiger partial charge in [-0.2, -0.15) is 18.4 Å². The molecule has 4 rings (SSSR count). The molecule has 0 unspecified atom stereocenters. The molecule has 0 fully saturated rings. The first-order chi connectivity index (χ1) is 13.5. The lowest BCUT2D eigenvalue weighted by Gasteiger charge is -2.37. The van der Waals surface area contributed by atoms with Gasteiger partial charge in [-0.25, -0.2) is 13.8 Å². The number of amides is 1. The molecule has 148 valence electrons. The first-order valence-corrected chi connectivity index (χ1v) is 8.06. The van der Waals surface area contributed by atoms with Crippen LogP contribution >= 0.6 is 0 Å². The Hall–Kier alpha value is -3.52. The Kier molecular flexibility index (Phi) is 3.89. The van der Waals surface area contributed by atoms with E-state index in [0.717, 1.165) is 28.8 Å². The summed E-state index contributed by atoms with van der Waals surface area (Å²) in [6.07, 6.45) is -5.13. The third-order valence-electron chi connectivity index (χ3n) is 4.61. The Bertz CT molecular complexity index is 1230. The minimum absolute atomic E-state index is 0.0142. The molecule has 6 nitrogen and oxygen atoms in total. The Labute approximate surface area is 158 Å². The molecule has 1 aliphatic heterocycles. The van der Waals surface area contributed by atoms with Gasteiger partial charge in [0, 0.05) is 17.8 Å². The predicted octanol–water partition coefficient (Wildman–Crippen LogP) is 3.04. The zero-order valence-electron chi connectivity index (χ0n) is 14.2. The number of anilines is 1. The minimum Gasteiger partial charge on any atom is -0.362 e. The normalized spacial score (nSPS) is 18.1. The van der Waals surface area contributed by atoms with Gasteiger partial charge in [0.25, 0.3) is 5.91 Å². The first kappa shape index (κ1) is 18.8. The molecule has 2 N–H and O–H groups in total. The van der Waals surface area contributed by atoms with Crippen LogP contribution in [-0.2, 0) is 23.1 Å². The Balaban J connectivity index is 1.69. The molecule has 0 saturated heterocycles. The molecule has 1 aromatic heterocycles. The van der Waals surface area contributed by atoms with Crippen LogP contribution in [0.5, 0.6) is 0 Å². The van der Waals surface area contributed by atoms with Crippen molar-refractivity contribution in [2.45, 2.75) is 18.3 Å². The van der Waals surface area contributed by atoms with Gasteiger partial charge in [-0.3, -0.25) is 9.36 Å². The molecule has 2 aromatic carbocycles. The van der Waals surface area contributed by atoms with E-state index in [-0.39, 0.29) is 29.0 Å². The maximum absolute atomic E-state index is 13.6. The molecule has 29 heavy (non-hydrogen) atoms. The number of hydrogen-bond donors (Lipinski definition) is 2. The van der Waals surface area contributed by atoms with Gasteiger partial charge in [0.2, 0.25) is 5.72 Å². The number of aliphatic hydroxyl groups is 1. The summed E-state index contributed by atoms with van der Waals surface area (Å²) in [5, 5.41) is 21.7. The number of halogens is 5. The van der Waals surface area contributed by atoms with E-state index in [4.69, 9.17) is 5.26 Å². The highest BCUT2D eigenvalue weighted by atomic mass is 19.4. The van der Waals surface area contributed by atoms with Crippen LogP contribution in [0.25, 0.3) is 11.0 Å². The number of nitrogens with zero attached hydrogens (tertiary/aromatic N) is 3. The van der Waals surface area contributed by atoms with Crippen LogP contribution < -0.4 is 5.32 Å². The highest BCUT2D eigenvalue weighted by molar-refractivity contribution is 5.98. The second-order valence-electron chi connectivity index (χ2n) is 6.44. The van der Waals surface area contributed by atoms with Gasteiger partial charge in [-0.15, -0.1) is 0 Å². The van der Waals surface area contributed by atoms with Gasteiger partial charge >= 0.3 is 6.18 Å². The molecule has 1 atom stereocenters. The molecule has 1 aliphatic rings. The largest absolute Gasteiger partial charge is 0.417 e. The van der Waals surface area contributed by atoms with Crippen molar-refractivity contribution in [2.24, 2.45) is 0 Å². The maximum atomic E-state index is 13.6. The average molecular weight is 408 g/mol. The monoisotopic (exact) mass is 408 g/mol. The second kappa shape index (κ2) is 5.99. The molecule has 0 saturated carbocycles. The number of carbonyl (C=O) groups is 1. The average Bonchev–Trinajstić information content (AvgIpc) is 2.92. The number of aromatic nitrogens is 2. The quantitative estimate of drug-likeness (QED) is 0.638. The summed E-state index contributed by atoms with van der Waals surface area (Å²) in [6, 6.07) is 5.53. The summed E-state index contributed by atoms with van der Waals surface area (Å²) in [5.41, 5.74) is -4.45. The molecule has 0 radical (unpaired) electrons. The zero-order valence-corrected chi connectivity index (χ0v) is 14.2. The van der Waals surface area contributed by atoms with Crippen LogP contribution in [0.4, 0.5) is 27.6 Å². The number of nitriles is 1. The number of imidazole rings is 1. The van der Waals surface area contributed by atoms with Crippen LogP contribution in [0.3, 0.4) is 0 Å². The maximum Gasteiger partial charge on any atom is 0.417 e. The van der Waals surface area contributed by atoms with Crippen molar-refractivity contribution in [3.8, 4) is 6.07 Å². The van der Waals surface area contributed by atoms with Crippen molar-refractivity contribution in [1.82, 2.24) is 9.55 Å². The van der Waals surface area contributed by atoms with Gasteiger partial charge in [0.05, 0.1) is 34.7 Å². The van der Waals surface area contributed by atoms with Crippen molar-refractivity contribution in [2.75, 3.05) is 5.32 Å². The smallest absolute Gasteiger partial charge is 0.362 e. The molecular weight excluding hydrogens is 399 g/mol. The number of carbonyl (C=O) groups excluding carboxylic acids is 1. The molecular formula is C18H9F5N4O2. The van der Waals surface area contributed by atoms with Crippen molar-refractivity contribution < 1.29 is 31.9 Å². The van der Waals surface area contributed by atoms with E-state index < -0.39 is 40.6 Å². The van der Waals surface area contributed by atoms with E-state index in [9.17, 15) is 31.9 Å². The topological polar surface area (TPSA) is 90.9 Å². The van der Waals surface area contributed by atoms with Gasteiger partial charge in [0.1, 0.15) is 5.82 Å². The molecule has 0 aliphatic carbocycles. The summed E-state index contributed by atoms with van der Waals surface area (Å²) < 4.78 is 67.1. The van der Waals surface area contributed by atoms with Crippen LogP contribution in [0.1, 0.15) is 17.0 Å². The van der Waals surface area contributed by atoms with Crippen LogP contribution in [0, 0.1) is 23.0 Å². The number of rotatable bonds is 2. The number of nitrogens with one attached hydrogen (secondary N) is 1. The molecule has 3 aromatic rings. The standard InChI is InChI=1S/C18H9F5N4O2/c19-11-4-13-14(5-12(11)20)27-15(26-13)6-17(27,29)16(28)25-9-2-1-8(7-24)10(3-9)18(21,22)23/h1-5,29H,6H2,(H,25,28)/t17-/m0/s1. The summed E-state index contributed by atoms with van der Waals surface area (Å²) in [6.45, 7) is 0. The van der Waals surface area contributed by atoms with E-state index in [1.54, 1.807) is 0 Å². The van der Waals surface area contributed by atoms with Crippen molar-refractivity contribution >= 4 is 22.6 Å². The third-order valence-corrected chi connectivity index (χ3v) is 4.61. The van der Waals surface area contributed by atoms with Crippen molar-refractivity contribution in [3.63, 3.8) is 0 Å². The number of fused-ring (bicyclic) bond motifs is 3. The Morgan fingerprint density at radius 3 is 2.59 bits per heavy atom. The first-order valence-electron chi connectivity index (χ1n) is 8.06. The van der Waals surface area contributed by atoms with Crippen molar-refractivity contribution in [3.05, 3.63) is 58.9 Å². The van der Waals surface area contributed by atoms with E-state index in [1.165, 1.54) is 6.07 Å². The fourth-order valence-corrected chi connectivity index (χ4v) is 3.23. The summed E-state index contributed by atoms with van der Waals surface area (Å²) in [5.74, 6) is -3.28. The molecule has 0 bridgehead atoms. The summed E-state index contributed by atoms with van der Waals surface area (Å²) >= 11 is 0. The summed E-state index contributed by atoms with van der Waals surface area (Å²) in [4.78, 5) is 16.6. The lowest BCUT2D eigenvalue weighted by molar-refractivity contribution is -0.152. The number of hydrogen-bond acceptors (Lipinski definition) is 4. The van der Waals surface area contributed by atoms with Gasteiger partial charge in [-0.1, -0.05) is 0 Å². The highest BCUT2D eigenvalue weighted by Crippen LogP contribution is 2.38. The van der Waals surface area contributed by atoms with E-state index in [1.807, 2.05) is 0 Å². The molecule has 1 amide bonds. The van der Waals surface area contributed by atoms with Crippen molar-refractivity contribution in [1.29, 1.82) is 5.26 Å². The Morgan fingerprint density at radius 1 is 1.24 bits per heavy atom. The predicted molar refractivity (Wildman–Crippen MR) is 88.3 cm³/mol. The van der Waals surface area contributed by atoms with E-state index >= 15 is 0 Å². The second-order valence-corrected chi connectivity index (χ2v) is 6.44. The molecule has 11 heteroatoms. The van der Waals surface area contributed by atoms with Crippen LogP contribution in [0.2, 0.25) is 0 Å². The zero-order chi connectivity index (χ0) is 21.1. The highest BCUT2D eigenvalue weighted by Gasteiger charge is 2.50. The lowest BCUT2D eigenvalue weighted by atomic mass is 9.99. The third kappa shape index (κ3) is 2.80. The van der Waals surface area contributed by atoms with Gasteiger partial charge in [-0.05, 0) is 18.2 Å². The molecule has 0 spiro atoms. The van der Waals surface area contributed by atoms with E-state index in [0.29, 0.717) is 6.07 Å². The number of alkyl halides is 3. The fraction of sp³-hybridized carbons (Fsp3) is 0.167. The minimum atomic E-state index is -4.82. The van der Waals surface area contributed by atoms with E-state index in [2.05, 4.69) is 10.3 Å². The lowest BCUT2D eigenvalue weighted by Crippen LogP contribution is -2.55. The van der Waals surface area contributed by atoms with Crippen LogP contribution in [-0.4, -0.2) is 20.6 Å². The van der Waals surface area contributed by atoms with Gasteiger partial charge < -0.3 is 10.4 Å². The summed E-state index contributed by atoms with van der Waals surface area (Å²) in [7, 11) is 0. The molecule has 2 heterocycles. The number of benzene rings is 2. The fourth-order valence-electron chi connectivity index (χ4n) is 3.23.